The highest BCUT2D eigenvalue weighted by molar-refractivity contribution is 5.86. The second-order valence-electron chi connectivity index (χ2n) is 8.77. The van der Waals surface area contributed by atoms with Crippen LogP contribution in [0.25, 0.3) is 10.8 Å². The molecular weight excluding hydrogens is 361 g/mol. The lowest BCUT2D eigenvalue weighted by Gasteiger charge is -2.42. The van der Waals surface area contributed by atoms with Gasteiger partial charge in [0.1, 0.15) is 0 Å². The van der Waals surface area contributed by atoms with Crippen molar-refractivity contribution in [2.24, 2.45) is 17.8 Å². The van der Waals surface area contributed by atoms with Crippen LogP contribution in [0.3, 0.4) is 0 Å². The maximum absolute atomic E-state index is 14.9. The van der Waals surface area contributed by atoms with E-state index in [4.69, 9.17) is 4.74 Å². The van der Waals surface area contributed by atoms with E-state index >= 15 is 0 Å². The van der Waals surface area contributed by atoms with Gasteiger partial charge in [0.2, 0.25) is 0 Å². The van der Waals surface area contributed by atoms with Crippen molar-refractivity contribution in [3.05, 3.63) is 41.2 Å². The topological polar surface area (TPSA) is 9.23 Å². The van der Waals surface area contributed by atoms with Gasteiger partial charge in [0.25, 0.3) is 0 Å². The summed E-state index contributed by atoms with van der Waals surface area (Å²) >= 11 is 0. The molecule has 4 atom stereocenters. The Bertz CT molecular complexity index is 863. The van der Waals surface area contributed by atoms with E-state index in [0.29, 0.717) is 16.9 Å². The van der Waals surface area contributed by atoms with Crippen molar-refractivity contribution < 1.29 is 17.9 Å². The van der Waals surface area contributed by atoms with Crippen molar-refractivity contribution in [2.45, 2.75) is 64.2 Å². The monoisotopic (exact) mass is 390 g/mol. The molecule has 28 heavy (non-hydrogen) atoms. The van der Waals surface area contributed by atoms with E-state index in [0.717, 1.165) is 31.1 Å². The number of ether oxygens (including phenoxy) is 1. The fourth-order valence-corrected chi connectivity index (χ4v) is 5.78. The van der Waals surface area contributed by atoms with E-state index < -0.39 is 17.5 Å². The Morgan fingerprint density at radius 2 is 1.68 bits per heavy atom. The van der Waals surface area contributed by atoms with Crippen molar-refractivity contribution >= 4 is 10.8 Å². The van der Waals surface area contributed by atoms with Crippen LogP contribution in [-0.2, 0) is 0 Å². The van der Waals surface area contributed by atoms with Gasteiger partial charge in [0.05, 0.1) is 12.5 Å². The molecule has 2 aliphatic carbocycles. The van der Waals surface area contributed by atoms with Crippen LogP contribution in [0.4, 0.5) is 13.2 Å². The predicted molar refractivity (Wildman–Crippen MR) is 106 cm³/mol. The third-order valence-electron chi connectivity index (χ3n) is 7.19. The Morgan fingerprint density at radius 3 is 2.43 bits per heavy atom. The molecule has 0 spiro atoms. The lowest BCUT2D eigenvalue weighted by molar-refractivity contribution is 0.113. The molecule has 2 fully saturated rings. The summed E-state index contributed by atoms with van der Waals surface area (Å²) in [5.74, 6) is -0.665. The van der Waals surface area contributed by atoms with Gasteiger partial charge in [-0.25, -0.2) is 13.2 Å². The molecule has 0 amide bonds. The third-order valence-corrected chi connectivity index (χ3v) is 7.19. The molecule has 0 N–H and O–H groups in total. The number of benzene rings is 2. The van der Waals surface area contributed by atoms with Crippen LogP contribution in [0.1, 0.15) is 69.8 Å². The van der Waals surface area contributed by atoms with Crippen LogP contribution < -0.4 is 4.74 Å². The molecule has 4 unspecified atom stereocenters. The van der Waals surface area contributed by atoms with Gasteiger partial charge in [-0.1, -0.05) is 32.3 Å². The maximum Gasteiger partial charge on any atom is 0.175 e. The predicted octanol–water partition coefficient (Wildman–Crippen LogP) is 7.37. The Hall–Kier alpha value is -1.71. The molecule has 2 aromatic rings. The summed E-state index contributed by atoms with van der Waals surface area (Å²) in [6.45, 7) is 2.25. The molecule has 2 saturated carbocycles. The first kappa shape index (κ1) is 19.6. The highest BCUT2D eigenvalue weighted by atomic mass is 19.2. The largest absolute Gasteiger partial charge is 0.494 e. The van der Waals surface area contributed by atoms with Crippen LogP contribution >= 0.6 is 0 Å². The summed E-state index contributed by atoms with van der Waals surface area (Å²) in [6.07, 6.45) is 9.22. The molecule has 152 valence electrons. The summed E-state index contributed by atoms with van der Waals surface area (Å²) < 4.78 is 49.1. The van der Waals surface area contributed by atoms with Gasteiger partial charge >= 0.3 is 0 Å². The summed E-state index contributed by atoms with van der Waals surface area (Å²) in [5, 5.41) is 0.0929. The normalized spacial score (nSPS) is 27.6. The van der Waals surface area contributed by atoms with Crippen molar-refractivity contribution in [2.75, 3.05) is 7.11 Å². The molecule has 2 aliphatic rings. The minimum absolute atomic E-state index is 0.0213. The molecule has 0 aromatic heterocycles. The van der Waals surface area contributed by atoms with Crippen molar-refractivity contribution in [3.8, 4) is 5.75 Å². The zero-order chi connectivity index (χ0) is 19.8. The van der Waals surface area contributed by atoms with Gasteiger partial charge < -0.3 is 4.74 Å². The highest BCUT2D eigenvalue weighted by Gasteiger charge is 2.37. The number of fused-ring (bicyclic) bond motifs is 2. The number of hydrogen-bond acceptors (Lipinski definition) is 1. The smallest absolute Gasteiger partial charge is 0.175 e. The third kappa shape index (κ3) is 3.40. The molecule has 4 rings (SSSR count). The average molecular weight is 390 g/mol. The zero-order valence-electron chi connectivity index (χ0n) is 16.7. The van der Waals surface area contributed by atoms with Crippen LogP contribution in [0.15, 0.2) is 18.2 Å². The molecule has 0 radical (unpaired) electrons. The SMILES string of the molecule is CCCC1CCC2CC(c3cc4ccc(OC)c(F)c4c(F)c3F)CCC2C1. The van der Waals surface area contributed by atoms with E-state index in [1.54, 1.807) is 12.1 Å². The Balaban J connectivity index is 1.61. The molecular formula is C24H29F3O. The first-order chi connectivity index (χ1) is 13.5. The van der Waals surface area contributed by atoms with E-state index in [1.807, 2.05) is 0 Å². The van der Waals surface area contributed by atoms with Crippen LogP contribution in [-0.4, -0.2) is 7.11 Å². The fourth-order valence-electron chi connectivity index (χ4n) is 5.78. The van der Waals surface area contributed by atoms with Gasteiger partial charge in [0, 0.05) is 0 Å². The summed E-state index contributed by atoms with van der Waals surface area (Å²) in [7, 11) is 1.32. The molecule has 2 aromatic carbocycles. The number of rotatable bonds is 4. The fraction of sp³-hybridized carbons (Fsp3) is 0.583. The molecule has 0 aliphatic heterocycles. The maximum atomic E-state index is 14.9. The van der Waals surface area contributed by atoms with Crippen LogP contribution in [0.5, 0.6) is 5.75 Å². The van der Waals surface area contributed by atoms with Crippen LogP contribution in [0.2, 0.25) is 0 Å². The standard InChI is InChI=1S/C24H29F3O/c1-3-4-14-5-6-16-12-17(8-7-15(16)11-14)19-13-18-9-10-20(28-2)23(26)21(18)24(27)22(19)25/h9-10,13-17H,3-8,11-12H2,1-2H3. The average Bonchev–Trinajstić information content (AvgIpc) is 2.70. The van der Waals surface area contributed by atoms with Crippen molar-refractivity contribution in [1.82, 2.24) is 0 Å². The van der Waals surface area contributed by atoms with E-state index in [-0.39, 0.29) is 17.1 Å². The lowest BCUT2D eigenvalue weighted by atomic mass is 9.63. The molecule has 0 bridgehead atoms. The van der Waals surface area contributed by atoms with Gasteiger partial charge in [-0.05, 0) is 78.9 Å². The minimum atomic E-state index is -1.09. The number of halogens is 3. The summed E-state index contributed by atoms with van der Waals surface area (Å²) in [6, 6.07) is 4.75. The van der Waals surface area contributed by atoms with Gasteiger partial charge in [-0.3, -0.25) is 0 Å². The van der Waals surface area contributed by atoms with Crippen molar-refractivity contribution in [1.29, 1.82) is 0 Å². The molecule has 4 heteroatoms. The summed E-state index contributed by atoms with van der Waals surface area (Å²) in [4.78, 5) is 0. The number of hydrogen-bond donors (Lipinski definition) is 0. The molecule has 0 heterocycles. The van der Waals surface area contributed by atoms with E-state index in [1.165, 1.54) is 45.3 Å². The van der Waals surface area contributed by atoms with Gasteiger partial charge in [-0.2, -0.15) is 0 Å². The quantitative estimate of drug-likeness (QED) is 0.530. The van der Waals surface area contributed by atoms with Crippen LogP contribution in [0, 0.1) is 35.2 Å². The van der Waals surface area contributed by atoms with Gasteiger partial charge in [0.15, 0.2) is 23.2 Å². The first-order valence-electron chi connectivity index (χ1n) is 10.7. The Kier molecular flexibility index (Phi) is 5.57. The minimum Gasteiger partial charge on any atom is -0.494 e. The van der Waals surface area contributed by atoms with Crippen molar-refractivity contribution in [3.63, 3.8) is 0 Å². The molecule has 0 saturated heterocycles. The van der Waals surface area contributed by atoms with E-state index in [2.05, 4.69) is 6.92 Å². The summed E-state index contributed by atoms with van der Waals surface area (Å²) in [5.41, 5.74) is 0.420. The lowest BCUT2D eigenvalue weighted by Crippen LogP contribution is -2.30. The zero-order valence-corrected chi connectivity index (χ0v) is 16.7. The van der Waals surface area contributed by atoms with Gasteiger partial charge in [-0.15, -0.1) is 0 Å². The molecule has 1 nitrogen and oxygen atoms in total. The first-order valence-corrected chi connectivity index (χ1v) is 10.7. The highest BCUT2D eigenvalue weighted by Crippen LogP contribution is 2.49. The number of methoxy groups -OCH3 is 1. The Morgan fingerprint density at radius 1 is 0.929 bits per heavy atom. The Labute approximate surface area is 165 Å². The van der Waals surface area contributed by atoms with E-state index in [9.17, 15) is 13.2 Å². The second kappa shape index (κ2) is 7.96. The second-order valence-corrected chi connectivity index (χ2v) is 8.77.